The minimum atomic E-state index is 0.689. The molecule has 3 rings (SSSR count). The van der Waals surface area contributed by atoms with Crippen LogP contribution in [0.3, 0.4) is 0 Å². The SMILES string of the molecule is COc1cc(OC)cc(-c2c(C)[c]ccc2-c2ccc(OC)c(OC)c2)c1. The standard InChI is InChI=1S/C23H23O4/c1-15-7-6-8-20(16-9-10-21(26-4)22(13-16)27-5)23(15)17-11-18(24-2)14-19(12-17)25-3/h6,8-14H,1-5H3. The van der Waals surface area contributed by atoms with Crippen molar-refractivity contribution in [3.63, 3.8) is 0 Å². The Hall–Kier alpha value is -3.14. The summed E-state index contributed by atoms with van der Waals surface area (Å²) in [6, 6.07) is 19.1. The number of aryl methyl sites for hydroxylation is 1. The van der Waals surface area contributed by atoms with E-state index in [1.807, 2.05) is 49.4 Å². The van der Waals surface area contributed by atoms with E-state index in [-0.39, 0.29) is 0 Å². The first-order chi connectivity index (χ1) is 13.1. The van der Waals surface area contributed by atoms with Gasteiger partial charge in [-0.25, -0.2) is 0 Å². The summed E-state index contributed by atoms with van der Waals surface area (Å²) in [7, 11) is 6.57. The fourth-order valence-electron chi connectivity index (χ4n) is 3.18. The van der Waals surface area contributed by atoms with Crippen LogP contribution in [0.15, 0.2) is 48.5 Å². The molecule has 0 atom stereocenters. The lowest BCUT2D eigenvalue weighted by molar-refractivity contribution is 0.355. The number of hydrogen-bond donors (Lipinski definition) is 0. The average Bonchev–Trinajstić information content (AvgIpc) is 2.72. The highest BCUT2D eigenvalue weighted by atomic mass is 16.5. The molecule has 0 saturated carbocycles. The summed E-state index contributed by atoms with van der Waals surface area (Å²) in [5, 5.41) is 0. The minimum Gasteiger partial charge on any atom is -0.497 e. The fourth-order valence-corrected chi connectivity index (χ4v) is 3.18. The first-order valence-corrected chi connectivity index (χ1v) is 8.58. The second-order valence-electron chi connectivity index (χ2n) is 6.06. The molecule has 0 bridgehead atoms. The number of ether oxygens (including phenoxy) is 4. The Balaban J connectivity index is 2.23. The largest absolute Gasteiger partial charge is 0.497 e. The van der Waals surface area contributed by atoms with Crippen molar-refractivity contribution in [2.24, 2.45) is 0 Å². The summed E-state index contributed by atoms with van der Waals surface area (Å²) >= 11 is 0. The molecule has 3 aromatic carbocycles. The quantitative estimate of drug-likeness (QED) is 0.606. The molecule has 0 aliphatic rings. The highest BCUT2D eigenvalue weighted by molar-refractivity contribution is 5.87. The van der Waals surface area contributed by atoms with Crippen LogP contribution >= 0.6 is 0 Å². The van der Waals surface area contributed by atoms with Gasteiger partial charge in [0.1, 0.15) is 11.5 Å². The Bertz CT molecular complexity index is 925. The van der Waals surface area contributed by atoms with Gasteiger partial charge in [-0.2, -0.15) is 0 Å². The van der Waals surface area contributed by atoms with Gasteiger partial charge in [0.25, 0.3) is 0 Å². The summed E-state index contributed by atoms with van der Waals surface area (Å²) in [6.07, 6.45) is 0. The van der Waals surface area contributed by atoms with Crippen molar-refractivity contribution in [2.45, 2.75) is 6.92 Å². The van der Waals surface area contributed by atoms with Crippen LogP contribution in [0.2, 0.25) is 0 Å². The molecule has 27 heavy (non-hydrogen) atoms. The first kappa shape index (κ1) is 18.6. The zero-order valence-corrected chi connectivity index (χ0v) is 16.3. The predicted octanol–water partition coefficient (Wildman–Crippen LogP) is 5.16. The Kier molecular flexibility index (Phi) is 5.55. The molecule has 0 aliphatic heterocycles. The van der Waals surface area contributed by atoms with E-state index in [1.165, 1.54) is 0 Å². The summed E-state index contributed by atoms with van der Waals surface area (Å²) < 4.78 is 21.7. The van der Waals surface area contributed by atoms with E-state index in [2.05, 4.69) is 12.1 Å². The molecule has 0 spiro atoms. The molecule has 0 aromatic heterocycles. The first-order valence-electron chi connectivity index (χ1n) is 8.58. The molecule has 3 aromatic rings. The van der Waals surface area contributed by atoms with Gasteiger partial charge < -0.3 is 18.9 Å². The normalized spacial score (nSPS) is 10.4. The molecule has 0 amide bonds. The molecular formula is C23H23O4. The van der Waals surface area contributed by atoms with Crippen LogP contribution in [0, 0.1) is 13.0 Å². The van der Waals surface area contributed by atoms with E-state index < -0.39 is 0 Å². The van der Waals surface area contributed by atoms with Gasteiger partial charge in [0.05, 0.1) is 28.4 Å². The molecule has 0 saturated heterocycles. The lowest BCUT2D eigenvalue weighted by Gasteiger charge is -2.16. The highest BCUT2D eigenvalue weighted by Gasteiger charge is 2.15. The monoisotopic (exact) mass is 363 g/mol. The topological polar surface area (TPSA) is 36.9 Å². The van der Waals surface area contributed by atoms with E-state index in [0.717, 1.165) is 39.3 Å². The molecule has 0 aliphatic carbocycles. The molecule has 0 unspecified atom stereocenters. The lowest BCUT2D eigenvalue weighted by atomic mass is 9.90. The van der Waals surface area contributed by atoms with E-state index in [1.54, 1.807) is 28.4 Å². The van der Waals surface area contributed by atoms with Crippen molar-refractivity contribution in [3.05, 3.63) is 60.2 Å². The van der Waals surface area contributed by atoms with Gasteiger partial charge in [-0.3, -0.25) is 0 Å². The maximum Gasteiger partial charge on any atom is 0.161 e. The van der Waals surface area contributed by atoms with E-state index >= 15 is 0 Å². The molecule has 4 nitrogen and oxygen atoms in total. The maximum absolute atomic E-state index is 5.47. The second-order valence-corrected chi connectivity index (χ2v) is 6.06. The van der Waals surface area contributed by atoms with Gasteiger partial charge in [0.15, 0.2) is 11.5 Å². The molecule has 4 heteroatoms. The van der Waals surface area contributed by atoms with Gasteiger partial charge in [0.2, 0.25) is 0 Å². The van der Waals surface area contributed by atoms with Crippen molar-refractivity contribution in [3.8, 4) is 45.3 Å². The van der Waals surface area contributed by atoms with Crippen LogP contribution in [0.1, 0.15) is 5.56 Å². The van der Waals surface area contributed by atoms with Crippen LogP contribution in [-0.2, 0) is 0 Å². The van der Waals surface area contributed by atoms with Gasteiger partial charge in [0, 0.05) is 6.07 Å². The average molecular weight is 363 g/mol. The number of methoxy groups -OCH3 is 4. The van der Waals surface area contributed by atoms with Crippen molar-refractivity contribution in [2.75, 3.05) is 28.4 Å². The van der Waals surface area contributed by atoms with Crippen molar-refractivity contribution >= 4 is 0 Å². The number of benzene rings is 3. The Morgan fingerprint density at radius 1 is 0.667 bits per heavy atom. The molecule has 1 radical (unpaired) electrons. The van der Waals surface area contributed by atoms with Crippen LogP contribution in [0.5, 0.6) is 23.0 Å². The molecular weight excluding hydrogens is 340 g/mol. The second kappa shape index (κ2) is 8.04. The van der Waals surface area contributed by atoms with Gasteiger partial charge in [-0.05, 0) is 65.1 Å². The van der Waals surface area contributed by atoms with E-state index in [4.69, 9.17) is 18.9 Å². The Morgan fingerprint density at radius 3 is 1.93 bits per heavy atom. The van der Waals surface area contributed by atoms with Crippen LogP contribution in [0.25, 0.3) is 22.3 Å². The maximum atomic E-state index is 5.47. The van der Waals surface area contributed by atoms with E-state index in [9.17, 15) is 0 Å². The molecule has 139 valence electrons. The minimum absolute atomic E-state index is 0.689. The van der Waals surface area contributed by atoms with Gasteiger partial charge in [-0.1, -0.05) is 18.2 Å². The third-order valence-electron chi connectivity index (χ3n) is 4.53. The summed E-state index contributed by atoms with van der Waals surface area (Å²) in [5.41, 5.74) is 5.22. The van der Waals surface area contributed by atoms with Gasteiger partial charge in [-0.15, -0.1) is 0 Å². The lowest BCUT2D eigenvalue weighted by Crippen LogP contribution is -1.94. The zero-order valence-electron chi connectivity index (χ0n) is 16.3. The van der Waals surface area contributed by atoms with Crippen LogP contribution < -0.4 is 18.9 Å². The molecule has 0 N–H and O–H groups in total. The van der Waals surface area contributed by atoms with Crippen LogP contribution in [-0.4, -0.2) is 28.4 Å². The summed E-state index contributed by atoms with van der Waals surface area (Å²) in [6.45, 7) is 2.05. The van der Waals surface area contributed by atoms with E-state index in [0.29, 0.717) is 11.5 Å². The van der Waals surface area contributed by atoms with Crippen molar-refractivity contribution < 1.29 is 18.9 Å². The van der Waals surface area contributed by atoms with Crippen molar-refractivity contribution in [1.29, 1.82) is 0 Å². The van der Waals surface area contributed by atoms with Crippen LogP contribution in [0.4, 0.5) is 0 Å². The summed E-state index contributed by atoms with van der Waals surface area (Å²) in [4.78, 5) is 0. The zero-order chi connectivity index (χ0) is 19.4. The fraction of sp³-hybridized carbons (Fsp3) is 0.217. The molecule has 0 fully saturated rings. The predicted molar refractivity (Wildman–Crippen MR) is 107 cm³/mol. The van der Waals surface area contributed by atoms with Crippen molar-refractivity contribution in [1.82, 2.24) is 0 Å². The van der Waals surface area contributed by atoms with Gasteiger partial charge >= 0.3 is 0 Å². The molecule has 0 heterocycles. The Labute approximate surface area is 160 Å². The number of hydrogen-bond acceptors (Lipinski definition) is 4. The number of rotatable bonds is 6. The third kappa shape index (κ3) is 3.70. The Morgan fingerprint density at radius 2 is 1.33 bits per heavy atom. The highest BCUT2D eigenvalue weighted by Crippen LogP contribution is 2.40. The summed E-state index contributed by atoms with van der Waals surface area (Å²) in [5.74, 6) is 2.87. The smallest absolute Gasteiger partial charge is 0.161 e. The third-order valence-corrected chi connectivity index (χ3v) is 4.53.